The molecule has 1 atom stereocenters. The van der Waals surface area contributed by atoms with Crippen molar-refractivity contribution in [2.75, 3.05) is 33.4 Å². The van der Waals surface area contributed by atoms with E-state index in [1.165, 1.54) is 40.6 Å². The SMILES string of the molecule is CC(C)c1ccc(C2CCN(CN(C)CC(O)(Cn3cncn3)c3ccc(F)cc3F)CC2)cc1. The lowest BCUT2D eigenvalue weighted by atomic mass is 9.88. The van der Waals surface area contributed by atoms with Gasteiger partial charge in [0.25, 0.3) is 0 Å². The highest BCUT2D eigenvalue weighted by Gasteiger charge is 2.35. The molecule has 1 N–H and O–H groups in total. The number of hydrogen-bond acceptors (Lipinski definition) is 5. The molecule has 35 heavy (non-hydrogen) atoms. The van der Waals surface area contributed by atoms with Gasteiger partial charge in [-0.3, -0.25) is 9.80 Å². The molecule has 0 radical (unpaired) electrons. The van der Waals surface area contributed by atoms with E-state index in [4.69, 9.17) is 0 Å². The maximum atomic E-state index is 14.7. The van der Waals surface area contributed by atoms with Crippen LogP contribution in [0.5, 0.6) is 0 Å². The quantitative estimate of drug-likeness (QED) is 0.491. The van der Waals surface area contributed by atoms with Crippen LogP contribution in [0.2, 0.25) is 0 Å². The Hall–Kier alpha value is -2.68. The van der Waals surface area contributed by atoms with Crippen LogP contribution in [0.4, 0.5) is 8.78 Å². The number of benzene rings is 2. The van der Waals surface area contributed by atoms with Crippen LogP contribution in [0.3, 0.4) is 0 Å². The highest BCUT2D eigenvalue weighted by molar-refractivity contribution is 5.28. The van der Waals surface area contributed by atoms with Crippen molar-refractivity contribution in [3.05, 3.63) is 83.4 Å². The Balaban J connectivity index is 1.38. The van der Waals surface area contributed by atoms with E-state index in [1.54, 1.807) is 0 Å². The fourth-order valence-corrected chi connectivity index (χ4v) is 5.07. The van der Waals surface area contributed by atoms with Gasteiger partial charge in [-0.2, -0.15) is 5.10 Å². The number of likely N-dealkylation sites (tertiary alicyclic amines) is 1. The Morgan fingerprint density at radius 2 is 1.83 bits per heavy atom. The second-order valence-corrected chi connectivity index (χ2v) is 10.1. The first-order valence-corrected chi connectivity index (χ1v) is 12.2. The predicted molar refractivity (Wildman–Crippen MR) is 132 cm³/mol. The molecule has 2 aromatic carbocycles. The van der Waals surface area contributed by atoms with Crippen molar-refractivity contribution in [3.8, 4) is 0 Å². The number of nitrogens with zero attached hydrogens (tertiary/aromatic N) is 5. The number of hydrogen-bond donors (Lipinski definition) is 1. The van der Waals surface area contributed by atoms with Crippen molar-refractivity contribution >= 4 is 0 Å². The molecule has 3 aromatic rings. The highest BCUT2D eigenvalue weighted by atomic mass is 19.1. The molecule has 1 aromatic heterocycles. The monoisotopic (exact) mass is 483 g/mol. The molecule has 1 aliphatic rings. The van der Waals surface area contributed by atoms with Crippen LogP contribution in [0.1, 0.15) is 55.2 Å². The summed E-state index contributed by atoms with van der Waals surface area (Å²) < 4.78 is 29.7. The Labute approximate surface area is 206 Å². The number of likely N-dealkylation sites (N-methyl/N-ethyl adjacent to an activating group) is 1. The van der Waals surface area contributed by atoms with Crippen molar-refractivity contribution in [3.63, 3.8) is 0 Å². The van der Waals surface area contributed by atoms with E-state index in [-0.39, 0.29) is 18.7 Å². The van der Waals surface area contributed by atoms with Crippen molar-refractivity contribution in [2.45, 2.75) is 50.7 Å². The number of rotatable bonds is 9. The van der Waals surface area contributed by atoms with E-state index in [2.05, 4.69) is 53.1 Å². The molecular weight excluding hydrogens is 448 g/mol. The molecule has 188 valence electrons. The van der Waals surface area contributed by atoms with E-state index in [0.717, 1.165) is 32.0 Å². The number of aromatic nitrogens is 3. The Kier molecular flexibility index (Phi) is 7.94. The van der Waals surface area contributed by atoms with E-state index >= 15 is 0 Å². The second kappa shape index (κ2) is 10.9. The smallest absolute Gasteiger partial charge is 0.137 e. The van der Waals surface area contributed by atoms with Gasteiger partial charge in [0.2, 0.25) is 0 Å². The minimum Gasteiger partial charge on any atom is -0.382 e. The minimum atomic E-state index is -1.60. The number of aliphatic hydroxyl groups is 1. The molecule has 1 fully saturated rings. The summed E-state index contributed by atoms with van der Waals surface area (Å²) in [6.07, 6.45) is 4.99. The fourth-order valence-electron chi connectivity index (χ4n) is 5.07. The summed E-state index contributed by atoms with van der Waals surface area (Å²) in [4.78, 5) is 8.26. The summed E-state index contributed by atoms with van der Waals surface area (Å²) in [5.41, 5.74) is 1.21. The van der Waals surface area contributed by atoms with Gasteiger partial charge in [-0.25, -0.2) is 18.4 Å². The van der Waals surface area contributed by atoms with Crippen LogP contribution in [0, 0.1) is 11.6 Å². The maximum absolute atomic E-state index is 14.7. The third-order valence-corrected chi connectivity index (χ3v) is 6.96. The molecular formula is C27H35F2N5O. The molecule has 0 aliphatic carbocycles. The molecule has 8 heteroatoms. The molecule has 1 saturated heterocycles. The van der Waals surface area contributed by atoms with E-state index in [1.807, 2.05) is 11.9 Å². The molecule has 0 bridgehead atoms. The molecule has 2 heterocycles. The predicted octanol–water partition coefficient (Wildman–Crippen LogP) is 4.34. The lowest BCUT2D eigenvalue weighted by Gasteiger charge is -2.38. The molecule has 1 unspecified atom stereocenters. The summed E-state index contributed by atoms with van der Waals surface area (Å²) in [5, 5.41) is 15.6. The second-order valence-electron chi connectivity index (χ2n) is 10.1. The highest BCUT2D eigenvalue weighted by Crippen LogP contribution is 2.30. The summed E-state index contributed by atoms with van der Waals surface area (Å²) in [6.45, 7) is 7.13. The summed E-state index contributed by atoms with van der Waals surface area (Å²) in [6, 6.07) is 12.3. The van der Waals surface area contributed by atoms with E-state index in [9.17, 15) is 13.9 Å². The third kappa shape index (κ3) is 6.31. The molecule has 1 aliphatic heterocycles. The number of piperidine rings is 1. The normalized spacial score (nSPS) is 17.3. The van der Waals surface area contributed by atoms with Gasteiger partial charge in [0.15, 0.2) is 0 Å². The largest absolute Gasteiger partial charge is 0.382 e. The maximum Gasteiger partial charge on any atom is 0.137 e. The molecule has 0 spiro atoms. The van der Waals surface area contributed by atoms with Crippen LogP contribution >= 0.6 is 0 Å². The Bertz CT molecular complexity index is 1080. The zero-order chi connectivity index (χ0) is 25.0. The van der Waals surface area contributed by atoms with Crippen LogP contribution < -0.4 is 0 Å². The number of halogens is 2. The first-order chi connectivity index (χ1) is 16.7. The first-order valence-electron chi connectivity index (χ1n) is 12.2. The fraction of sp³-hybridized carbons (Fsp3) is 0.481. The van der Waals surface area contributed by atoms with Crippen LogP contribution in [0.25, 0.3) is 0 Å². The van der Waals surface area contributed by atoms with Gasteiger partial charge in [0.05, 0.1) is 13.2 Å². The van der Waals surface area contributed by atoms with Crippen LogP contribution in [0.15, 0.2) is 55.1 Å². The summed E-state index contributed by atoms with van der Waals surface area (Å²) >= 11 is 0. The van der Waals surface area contributed by atoms with Gasteiger partial charge in [0, 0.05) is 18.2 Å². The summed E-state index contributed by atoms with van der Waals surface area (Å²) in [7, 11) is 1.91. The van der Waals surface area contributed by atoms with Crippen molar-refractivity contribution < 1.29 is 13.9 Å². The lowest BCUT2D eigenvalue weighted by Crippen LogP contribution is -2.48. The van der Waals surface area contributed by atoms with E-state index in [0.29, 0.717) is 18.5 Å². The molecule has 0 saturated carbocycles. The molecule has 0 amide bonds. The first kappa shape index (κ1) is 25.4. The van der Waals surface area contributed by atoms with Crippen molar-refractivity contribution in [1.82, 2.24) is 24.6 Å². The van der Waals surface area contributed by atoms with Gasteiger partial charge in [0.1, 0.15) is 29.9 Å². The third-order valence-electron chi connectivity index (χ3n) is 6.96. The zero-order valence-corrected chi connectivity index (χ0v) is 20.7. The van der Waals surface area contributed by atoms with Crippen molar-refractivity contribution in [2.24, 2.45) is 0 Å². The van der Waals surface area contributed by atoms with Gasteiger partial charge < -0.3 is 5.11 Å². The average Bonchev–Trinajstić information content (AvgIpc) is 3.32. The molecule has 6 nitrogen and oxygen atoms in total. The topological polar surface area (TPSA) is 57.4 Å². The van der Waals surface area contributed by atoms with Gasteiger partial charge in [-0.15, -0.1) is 0 Å². The average molecular weight is 484 g/mol. The zero-order valence-electron chi connectivity index (χ0n) is 20.7. The summed E-state index contributed by atoms with van der Waals surface area (Å²) in [5.74, 6) is -0.363. The van der Waals surface area contributed by atoms with Crippen molar-refractivity contribution in [1.29, 1.82) is 0 Å². The Morgan fingerprint density at radius 3 is 2.43 bits per heavy atom. The van der Waals surface area contributed by atoms with Gasteiger partial charge in [-0.1, -0.05) is 44.2 Å². The Morgan fingerprint density at radius 1 is 1.11 bits per heavy atom. The standard InChI is InChI=1S/C27H35F2N5O/c1-20(2)21-4-6-22(7-5-21)23-10-12-33(13-11-23)19-32(3)15-27(35,16-34-18-30-17-31-34)25-9-8-24(28)14-26(25)29/h4-9,14,17-18,20,23,35H,10-13,15-16,19H2,1-3H3. The minimum absolute atomic E-state index is 0.00827. The van der Waals surface area contributed by atoms with Crippen LogP contribution in [-0.4, -0.2) is 63.0 Å². The van der Waals surface area contributed by atoms with Crippen LogP contribution in [-0.2, 0) is 12.1 Å². The lowest BCUT2D eigenvalue weighted by molar-refractivity contribution is -0.0285. The molecule has 4 rings (SSSR count). The van der Waals surface area contributed by atoms with Gasteiger partial charge >= 0.3 is 0 Å². The van der Waals surface area contributed by atoms with E-state index < -0.39 is 17.2 Å². The van der Waals surface area contributed by atoms with Gasteiger partial charge in [-0.05, 0) is 62.0 Å².